The Hall–Kier alpha value is -1.22. The molecule has 3 saturated carbocycles. The zero-order valence-corrected chi connectivity index (χ0v) is 12.7. The molecule has 0 unspecified atom stereocenters. The van der Waals surface area contributed by atoms with Crippen molar-refractivity contribution < 1.29 is 9.53 Å². The van der Waals surface area contributed by atoms with Gasteiger partial charge in [-0.1, -0.05) is 24.1 Å². The first-order valence-electron chi connectivity index (χ1n) is 7.94. The van der Waals surface area contributed by atoms with E-state index in [-0.39, 0.29) is 12.2 Å². The SMILES string of the molecule is O=C(Nc1cccc(Cl)c1)O[C@@H]1C[C@H]2C[C@@H]1[C@H]1CCC[C@H]21. The van der Waals surface area contributed by atoms with Crippen molar-refractivity contribution in [1.29, 1.82) is 0 Å². The van der Waals surface area contributed by atoms with Crippen LogP contribution in [0.5, 0.6) is 0 Å². The van der Waals surface area contributed by atoms with Gasteiger partial charge in [0.15, 0.2) is 0 Å². The molecule has 3 fully saturated rings. The van der Waals surface area contributed by atoms with E-state index < -0.39 is 0 Å². The number of halogens is 1. The van der Waals surface area contributed by atoms with Crippen LogP contribution in [0.3, 0.4) is 0 Å². The minimum Gasteiger partial charge on any atom is -0.446 e. The van der Waals surface area contributed by atoms with E-state index in [1.807, 2.05) is 12.1 Å². The molecule has 0 spiro atoms. The van der Waals surface area contributed by atoms with Gasteiger partial charge in [0, 0.05) is 10.7 Å². The normalized spacial score (nSPS) is 36.5. The van der Waals surface area contributed by atoms with Crippen molar-refractivity contribution in [2.24, 2.45) is 23.7 Å². The van der Waals surface area contributed by atoms with Gasteiger partial charge in [-0.05, 0) is 67.6 Å². The highest BCUT2D eigenvalue weighted by atomic mass is 35.5. The van der Waals surface area contributed by atoms with Gasteiger partial charge in [0.2, 0.25) is 0 Å². The number of hydrogen-bond donors (Lipinski definition) is 1. The number of amides is 1. The van der Waals surface area contributed by atoms with E-state index in [2.05, 4.69) is 5.32 Å². The number of carbonyl (C=O) groups is 1. The largest absolute Gasteiger partial charge is 0.446 e. The molecule has 1 aromatic rings. The summed E-state index contributed by atoms with van der Waals surface area (Å²) in [5.74, 6) is 3.14. The summed E-state index contributed by atoms with van der Waals surface area (Å²) in [6, 6.07) is 7.16. The summed E-state index contributed by atoms with van der Waals surface area (Å²) >= 11 is 5.92. The third-order valence-electron chi connectivity index (χ3n) is 5.70. The molecule has 112 valence electrons. The third-order valence-corrected chi connectivity index (χ3v) is 5.93. The molecule has 0 aliphatic heterocycles. The zero-order chi connectivity index (χ0) is 14.4. The first-order valence-corrected chi connectivity index (χ1v) is 8.32. The molecular formula is C17H20ClNO2. The molecule has 3 aliphatic carbocycles. The molecule has 5 atom stereocenters. The van der Waals surface area contributed by atoms with Crippen molar-refractivity contribution in [1.82, 2.24) is 0 Å². The second kappa shape index (κ2) is 5.20. The van der Waals surface area contributed by atoms with E-state index in [1.54, 1.807) is 12.1 Å². The second-order valence-electron chi connectivity index (χ2n) is 6.73. The van der Waals surface area contributed by atoms with Gasteiger partial charge >= 0.3 is 6.09 Å². The Morgan fingerprint density at radius 2 is 2.05 bits per heavy atom. The Morgan fingerprint density at radius 1 is 1.19 bits per heavy atom. The van der Waals surface area contributed by atoms with E-state index in [4.69, 9.17) is 16.3 Å². The molecule has 0 saturated heterocycles. The van der Waals surface area contributed by atoms with E-state index in [9.17, 15) is 4.79 Å². The smallest absolute Gasteiger partial charge is 0.411 e. The lowest BCUT2D eigenvalue weighted by atomic mass is 9.80. The van der Waals surface area contributed by atoms with Crippen molar-refractivity contribution >= 4 is 23.4 Å². The molecule has 3 aliphatic rings. The summed E-state index contributed by atoms with van der Waals surface area (Å²) < 4.78 is 5.70. The molecule has 0 radical (unpaired) electrons. The molecule has 0 aromatic heterocycles. The Bertz CT molecular complexity index is 561. The van der Waals surface area contributed by atoms with Crippen molar-refractivity contribution in [2.75, 3.05) is 5.32 Å². The lowest BCUT2D eigenvalue weighted by Crippen LogP contribution is -2.33. The van der Waals surface area contributed by atoms with E-state index >= 15 is 0 Å². The van der Waals surface area contributed by atoms with Crippen LogP contribution in [0, 0.1) is 23.7 Å². The molecule has 1 amide bonds. The van der Waals surface area contributed by atoms with Crippen LogP contribution in [0.2, 0.25) is 5.02 Å². The highest BCUT2D eigenvalue weighted by Crippen LogP contribution is 2.59. The number of rotatable bonds is 2. The maximum atomic E-state index is 12.1. The highest BCUT2D eigenvalue weighted by Gasteiger charge is 2.55. The highest BCUT2D eigenvalue weighted by molar-refractivity contribution is 6.30. The number of carbonyl (C=O) groups excluding carboxylic acids is 1. The lowest BCUT2D eigenvalue weighted by Gasteiger charge is -2.31. The number of fused-ring (bicyclic) bond motifs is 5. The van der Waals surface area contributed by atoms with Crippen LogP contribution >= 0.6 is 11.6 Å². The Balaban J connectivity index is 1.37. The third kappa shape index (κ3) is 2.42. The fraction of sp³-hybridized carbons (Fsp3) is 0.588. The van der Waals surface area contributed by atoms with Crippen LogP contribution < -0.4 is 5.32 Å². The molecule has 2 bridgehead atoms. The first-order chi connectivity index (χ1) is 10.2. The van der Waals surface area contributed by atoms with Gasteiger partial charge in [0.1, 0.15) is 6.10 Å². The molecule has 3 nitrogen and oxygen atoms in total. The maximum absolute atomic E-state index is 12.1. The fourth-order valence-electron chi connectivity index (χ4n) is 4.99. The average molecular weight is 306 g/mol. The molecule has 1 aromatic carbocycles. The van der Waals surface area contributed by atoms with Crippen molar-refractivity contribution in [2.45, 2.75) is 38.2 Å². The van der Waals surface area contributed by atoms with Crippen LogP contribution in [-0.2, 0) is 4.74 Å². The Kier molecular flexibility index (Phi) is 3.33. The molecular weight excluding hydrogens is 286 g/mol. The van der Waals surface area contributed by atoms with Crippen LogP contribution in [0.15, 0.2) is 24.3 Å². The minimum atomic E-state index is -0.343. The summed E-state index contributed by atoms with van der Waals surface area (Å²) in [4.78, 5) is 12.1. The summed E-state index contributed by atoms with van der Waals surface area (Å²) in [7, 11) is 0. The number of nitrogens with one attached hydrogen (secondary N) is 1. The number of benzene rings is 1. The quantitative estimate of drug-likeness (QED) is 0.859. The minimum absolute atomic E-state index is 0.119. The van der Waals surface area contributed by atoms with Gasteiger partial charge in [-0.15, -0.1) is 0 Å². The van der Waals surface area contributed by atoms with Gasteiger partial charge in [0.05, 0.1) is 0 Å². The number of ether oxygens (including phenoxy) is 1. The molecule has 21 heavy (non-hydrogen) atoms. The summed E-state index contributed by atoms with van der Waals surface area (Å²) in [6.07, 6.45) is 6.20. The van der Waals surface area contributed by atoms with E-state index in [0.717, 1.165) is 24.2 Å². The van der Waals surface area contributed by atoms with Crippen LogP contribution in [-0.4, -0.2) is 12.2 Å². The van der Waals surface area contributed by atoms with Crippen molar-refractivity contribution in [3.63, 3.8) is 0 Å². The Labute approximate surface area is 130 Å². The first kappa shape index (κ1) is 13.4. The monoisotopic (exact) mass is 305 g/mol. The van der Waals surface area contributed by atoms with E-state index in [1.165, 1.54) is 25.7 Å². The molecule has 1 N–H and O–H groups in total. The van der Waals surface area contributed by atoms with Gasteiger partial charge in [-0.25, -0.2) is 4.79 Å². The van der Waals surface area contributed by atoms with Crippen molar-refractivity contribution in [3.05, 3.63) is 29.3 Å². The average Bonchev–Trinajstić information content (AvgIpc) is 3.09. The van der Waals surface area contributed by atoms with Crippen LogP contribution in [0.1, 0.15) is 32.1 Å². The summed E-state index contributed by atoms with van der Waals surface area (Å²) in [5, 5.41) is 3.40. The van der Waals surface area contributed by atoms with Gasteiger partial charge in [0.25, 0.3) is 0 Å². The standard InChI is InChI=1S/C17H20ClNO2/c18-11-3-1-4-12(9-11)19-17(20)21-16-8-10-7-15(16)14-6-2-5-13(10)14/h1,3-4,9-10,13-16H,2,5-8H2,(H,19,20)/t10-,13-,14+,15-,16-/m1/s1. The number of anilines is 1. The molecule has 4 rings (SSSR count). The summed E-state index contributed by atoms with van der Waals surface area (Å²) in [6.45, 7) is 0. The van der Waals surface area contributed by atoms with Gasteiger partial charge < -0.3 is 4.74 Å². The molecule has 4 heteroatoms. The van der Waals surface area contributed by atoms with Crippen LogP contribution in [0.25, 0.3) is 0 Å². The predicted molar refractivity (Wildman–Crippen MR) is 82.4 cm³/mol. The maximum Gasteiger partial charge on any atom is 0.411 e. The van der Waals surface area contributed by atoms with Gasteiger partial charge in [-0.3, -0.25) is 5.32 Å². The van der Waals surface area contributed by atoms with Crippen molar-refractivity contribution in [3.8, 4) is 0 Å². The predicted octanol–water partition coefficient (Wildman–Crippen LogP) is 4.71. The lowest BCUT2D eigenvalue weighted by molar-refractivity contribution is 0.0431. The van der Waals surface area contributed by atoms with Gasteiger partial charge in [-0.2, -0.15) is 0 Å². The molecule has 0 heterocycles. The fourth-order valence-corrected chi connectivity index (χ4v) is 5.18. The topological polar surface area (TPSA) is 38.3 Å². The zero-order valence-electron chi connectivity index (χ0n) is 11.9. The summed E-state index contributed by atoms with van der Waals surface area (Å²) in [5.41, 5.74) is 0.689. The number of hydrogen-bond acceptors (Lipinski definition) is 2. The second-order valence-corrected chi connectivity index (χ2v) is 7.17. The van der Waals surface area contributed by atoms with Crippen LogP contribution in [0.4, 0.5) is 10.5 Å². The Morgan fingerprint density at radius 3 is 2.90 bits per heavy atom. The van der Waals surface area contributed by atoms with E-state index in [0.29, 0.717) is 16.6 Å².